The highest BCUT2D eigenvalue weighted by molar-refractivity contribution is 6.35. The molecule has 0 spiro atoms. The van der Waals surface area contributed by atoms with Crippen molar-refractivity contribution in [3.05, 3.63) is 99.0 Å². The minimum absolute atomic E-state index is 0.104. The number of carbonyl (C=O) groups is 1. The molecule has 0 heterocycles. The third kappa shape index (κ3) is 4.89. The summed E-state index contributed by atoms with van der Waals surface area (Å²) in [5.41, 5.74) is 3.14. The van der Waals surface area contributed by atoms with Gasteiger partial charge in [0.2, 0.25) is 6.10 Å². The van der Waals surface area contributed by atoms with Gasteiger partial charge in [-0.3, -0.25) is 0 Å². The molecule has 0 radical (unpaired) electrons. The highest BCUT2D eigenvalue weighted by atomic mass is 35.5. The van der Waals surface area contributed by atoms with Crippen molar-refractivity contribution in [3.8, 4) is 5.75 Å². The van der Waals surface area contributed by atoms with Gasteiger partial charge < -0.3 is 9.84 Å². The molecular weight excluding hydrogens is 431 g/mol. The molecule has 1 atom stereocenters. The van der Waals surface area contributed by atoms with Gasteiger partial charge in [-0.05, 0) is 40.8 Å². The predicted octanol–water partition coefficient (Wildman–Crippen LogP) is 7.65. The van der Waals surface area contributed by atoms with Crippen LogP contribution < -0.4 is 4.74 Å². The lowest BCUT2D eigenvalue weighted by Gasteiger charge is -2.32. The molecule has 0 aliphatic heterocycles. The fraction of sp³-hybridized carbons (Fsp3) is 0.269. The smallest absolute Gasteiger partial charge is 0.349 e. The Morgan fingerprint density at radius 2 is 1.65 bits per heavy atom. The van der Waals surface area contributed by atoms with Gasteiger partial charge >= 0.3 is 5.97 Å². The lowest BCUT2D eigenvalue weighted by atomic mass is 9.73. The number of hydrogen-bond acceptors (Lipinski definition) is 2. The Morgan fingerprint density at radius 3 is 2.23 bits per heavy atom. The zero-order valence-electron chi connectivity index (χ0n) is 18.0. The Bertz CT molecular complexity index is 1080. The van der Waals surface area contributed by atoms with Crippen molar-refractivity contribution in [2.45, 2.75) is 45.1 Å². The van der Waals surface area contributed by atoms with Crippen LogP contribution in [0.5, 0.6) is 5.75 Å². The van der Waals surface area contributed by atoms with Crippen LogP contribution in [0.15, 0.2) is 66.7 Å². The van der Waals surface area contributed by atoms with Crippen molar-refractivity contribution in [2.75, 3.05) is 0 Å². The number of rotatable bonds is 7. The molecule has 3 nitrogen and oxygen atoms in total. The van der Waals surface area contributed by atoms with E-state index in [1.54, 1.807) is 18.2 Å². The number of halogens is 2. The second-order valence-electron chi connectivity index (χ2n) is 8.37. The third-order valence-electron chi connectivity index (χ3n) is 5.56. The molecule has 0 amide bonds. The SMILES string of the molecule is CC(C)c1cccc(C(C)(C)c2ccccc2)c1C(Oc1ccc(Cl)cc1Cl)C(=O)O. The normalized spacial score (nSPS) is 12.6. The fourth-order valence-electron chi connectivity index (χ4n) is 3.87. The molecule has 1 unspecified atom stereocenters. The van der Waals surface area contributed by atoms with Crippen molar-refractivity contribution in [2.24, 2.45) is 0 Å². The lowest BCUT2D eigenvalue weighted by molar-refractivity contribution is -0.145. The topological polar surface area (TPSA) is 46.5 Å². The summed E-state index contributed by atoms with van der Waals surface area (Å²) in [4.78, 5) is 12.5. The van der Waals surface area contributed by atoms with Crippen molar-refractivity contribution >= 4 is 29.2 Å². The largest absolute Gasteiger partial charge is 0.478 e. The molecular formula is C26H26Cl2O3. The minimum atomic E-state index is -1.23. The van der Waals surface area contributed by atoms with Gasteiger partial charge in [0.25, 0.3) is 0 Å². The second kappa shape index (κ2) is 9.33. The van der Waals surface area contributed by atoms with E-state index < -0.39 is 17.5 Å². The number of benzene rings is 3. The summed E-state index contributed by atoms with van der Waals surface area (Å²) in [6, 6.07) is 20.8. The monoisotopic (exact) mass is 456 g/mol. The van der Waals surface area contributed by atoms with E-state index in [2.05, 4.69) is 26.0 Å². The van der Waals surface area contributed by atoms with E-state index in [9.17, 15) is 9.90 Å². The summed E-state index contributed by atoms with van der Waals surface area (Å²) in [6.07, 6.45) is -1.23. The maximum atomic E-state index is 12.5. The van der Waals surface area contributed by atoms with Gasteiger partial charge in [0.15, 0.2) is 0 Å². The molecule has 0 saturated heterocycles. The van der Waals surface area contributed by atoms with Crippen LogP contribution in [0.2, 0.25) is 10.0 Å². The minimum Gasteiger partial charge on any atom is -0.478 e. The van der Waals surface area contributed by atoms with E-state index in [1.165, 1.54) is 0 Å². The Labute approximate surface area is 193 Å². The summed E-state index contributed by atoms with van der Waals surface area (Å²) in [5, 5.41) is 10.9. The van der Waals surface area contributed by atoms with E-state index in [4.69, 9.17) is 27.9 Å². The lowest BCUT2D eigenvalue weighted by Crippen LogP contribution is -2.28. The van der Waals surface area contributed by atoms with Crippen LogP contribution >= 0.6 is 23.2 Å². The molecule has 0 aromatic heterocycles. The van der Waals surface area contributed by atoms with E-state index in [0.717, 1.165) is 16.7 Å². The molecule has 0 aliphatic carbocycles. The zero-order chi connectivity index (χ0) is 22.8. The summed E-state index contributed by atoms with van der Waals surface area (Å²) < 4.78 is 6.02. The molecule has 162 valence electrons. The molecule has 0 saturated carbocycles. The third-order valence-corrected chi connectivity index (χ3v) is 6.09. The van der Waals surface area contributed by atoms with Crippen LogP contribution in [-0.4, -0.2) is 11.1 Å². The Morgan fingerprint density at radius 1 is 0.968 bits per heavy atom. The van der Waals surface area contributed by atoms with Crippen LogP contribution in [0.3, 0.4) is 0 Å². The van der Waals surface area contributed by atoms with Crippen LogP contribution in [0.4, 0.5) is 0 Å². The first kappa shape index (κ1) is 23.2. The highest BCUT2D eigenvalue weighted by Gasteiger charge is 2.35. The maximum absolute atomic E-state index is 12.5. The van der Waals surface area contributed by atoms with E-state index in [0.29, 0.717) is 10.6 Å². The molecule has 3 aromatic rings. The number of aliphatic carboxylic acids is 1. The Kier molecular flexibility index (Phi) is 6.98. The summed E-state index contributed by atoms with van der Waals surface area (Å²) >= 11 is 12.3. The van der Waals surface area contributed by atoms with Gasteiger partial charge in [-0.1, -0.05) is 99.4 Å². The van der Waals surface area contributed by atoms with Crippen molar-refractivity contribution in [1.82, 2.24) is 0 Å². The average Bonchev–Trinajstić information content (AvgIpc) is 2.73. The number of hydrogen-bond donors (Lipinski definition) is 1. The number of carboxylic acid groups (broad SMARTS) is 1. The second-order valence-corrected chi connectivity index (χ2v) is 9.21. The van der Waals surface area contributed by atoms with E-state index >= 15 is 0 Å². The van der Waals surface area contributed by atoms with Gasteiger partial charge in [0, 0.05) is 16.0 Å². The summed E-state index contributed by atoms with van der Waals surface area (Å²) in [7, 11) is 0. The Hall–Kier alpha value is -2.49. The van der Waals surface area contributed by atoms with Gasteiger partial charge in [-0.15, -0.1) is 0 Å². The van der Waals surface area contributed by atoms with Gasteiger partial charge in [-0.25, -0.2) is 4.79 Å². The molecule has 5 heteroatoms. The molecule has 31 heavy (non-hydrogen) atoms. The standard InChI is InChI=1S/C26H26Cl2O3/c1-16(2)19-11-8-12-20(26(3,4)17-9-6-5-7-10-17)23(19)24(25(29)30)31-22-14-13-18(27)15-21(22)28/h5-16,24H,1-4H3,(H,29,30). The van der Waals surface area contributed by atoms with Crippen LogP contribution in [-0.2, 0) is 10.2 Å². The molecule has 0 bridgehead atoms. The van der Waals surface area contributed by atoms with E-state index in [1.807, 2.05) is 50.2 Å². The molecule has 0 aliphatic rings. The molecule has 0 fully saturated rings. The number of ether oxygens (including phenoxy) is 1. The number of carboxylic acids is 1. The van der Waals surface area contributed by atoms with Crippen molar-refractivity contribution in [3.63, 3.8) is 0 Å². The average molecular weight is 457 g/mol. The predicted molar refractivity (Wildman–Crippen MR) is 127 cm³/mol. The molecule has 3 rings (SSSR count). The molecule has 3 aromatic carbocycles. The van der Waals surface area contributed by atoms with Gasteiger partial charge in [-0.2, -0.15) is 0 Å². The first-order valence-electron chi connectivity index (χ1n) is 10.2. The highest BCUT2D eigenvalue weighted by Crippen LogP contribution is 2.41. The quantitative estimate of drug-likeness (QED) is 0.396. The van der Waals surface area contributed by atoms with Gasteiger partial charge in [0.05, 0.1) is 5.02 Å². The van der Waals surface area contributed by atoms with Crippen molar-refractivity contribution < 1.29 is 14.6 Å². The van der Waals surface area contributed by atoms with Crippen LogP contribution in [0.1, 0.15) is 62.0 Å². The first-order valence-corrected chi connectivity index (χ1v) is 10.9. The fourth-order valence-corrected chi connectivity index (χ4v) is 4.32. The van der Waals surface area contributed by atoms with Crippen LogP contribution in [0, 0.1) is 0 Å². The zero-order valence-corrected chi connectivity index (χ0v) is 19.5. The van der Waals surface area contributed by atoms with E-state index in [-0.39, 0.29) is 16.7 Å². The molecule has 1 N–H and O–H groups in total. The van der Waals surface area contributed by atoms with Crippen molar-refractivity contribution in [1.29, 1.82) is 0 Å². The Balaban J connectivity index is 2.22. The van der Waals surface area contributed by atoms with Crippen LogP contribution in [0.25, 0.3) is 0 Å². The maximum Gasteiger partial charge on any atom is 0.349 e. The first-order chi connectivity index (χ1) is 14.6. The van der Waals surface area contributed by atoms with Gasteiger partial charge in [0.1, 0.15) is 5.75 Å². The summed E-state index contributed by atoms with van der Waals surface area (Å²) in [6.45, 7) is 8.29. The summed E-state index contributed by atoms with van der Waals surface area (Å²) in [5.74, 6) is -0.697.